The van der Waals surface area contributed by atoms with Crippen LogP contribution in [0.5, 0.6) is 0 Å². The van der Waals surface area contributed by atoms with Crippen molar-refractivity contribution < 1.29 is 23.1 Å². The Morgan fingerprint density at radius 2 is 1.88 bits per heavy atom. The molecule has 1 aromatic carbocycles. The summed E-state index contributed by atoms with van der Waals surface area (Å²) in [6.45, 7) is 3.21. The molecule has 10 nitrogen and oxygen atoms in total. The van der Waals surface area contributed by atoms with E-state index < -0.39 is 18.0 Å². The fourth-order valence-corrected chi connectivity index (χ4v) is 5.63. The van der Waals surface area contributed by atoms with Crippen LogP contribution in [0.25, 0.3) is 28.1 Å². The maximum atomic E-state index is 14.0. The summed E-state index contributed by atoms with van der Waals surface area (Å²) in [5.41, 5.74) is 5.75. The molecule has 0 bridgehead atoms. The number of carbonyl (C=O) groups excluding carboxylic acids is 1. The molecule has 0 amide bonds. The molecule has 2 atom stereocenters. The van der Waals surface area contributed by atoms with Crippen molar-refractivity contribution in [1.82, 2.24) is 34.4 Å². The molecule has 222 valence electrons. The molecule has 12 heteroatoms. The highest BCUT2D eigenvalue weighted by molar-refractivity contribution is 5.83. The van der Waals surface area contributed by atoms with Crippen molar-refractivity contribution >= 4 is 16.9 Å². The van der Waals surface area contributed by atoms with E-state index in [1.54, 1.807) is 29.4 Å². The lowest BCUT2D eigenvalue weighted by Crippen LogP contribution is -2.24. The van der Waals surface area contributed by atoms with Gasteiger partial charge in [0.25, 0.3) is 0 Å². The second kappa shape index (κ2) is 12.1. The van der Waals surface area contributed by atoms with Crippen LogP contribution in [0.2, 0.25) is 0 Å². The van der Waals surface area contributed by atoms with Crippen LogP contribution in [0.4, 0.5) is 8.78 Å². The zero-order valence-corrected chi connectivity index (χ0v) is 24.1. The molecule has 0 radical (unpaired) electrons. The monoisotopic (exact) mass is 587 g/mol. The number of hydroxylamine groups is 2. The van der Waals surface area contributed by atoms with E-state index in [0.717, 1.165) is 45.8 Å². The Kier molecular flexibility index (Phi) is 8.06. The first-order valence-corrected chi connectivity index (χ1v) is 14.0. The molecule has 0 unspecified atom stereocenters. The molecule has 5 aromatic rings. The van der Waals surface area contributed by atoms with Crippen LogP contribution in [0, 0.1) is 24.7 Å². The van der Waals surface area contributed by atoms with E-state index in [1.807, 2.05) is 54.9 Å². The second-order valence-electron chi connectivity index (χ2n) is 10.7. The molecule has 5 heterocycles. The third-order valence-electron chi connectivity index (χ3n) is 7.71. The number of benzene rings is 1. The predicted octanol–water partition coefficient (Wildman–Crippen LogP) is 4.56. The number of fused-ring (bicyclic) bond motifs is 1. The summed E-state index contributed by atoms with van der Waals surface area (Å²) < 4.78 is 36.8. The van der Waals surface area contributed by atoms with E-state index in [4.69, 9.17) is 14.7 Å². The van der Waals surface area contributed by atoms with Gasteiger partial charge in [0, 0.05) is 57.8 Å². The number of ether oxygens (including phenoxy) is 1. The summed E-state index contributed by atoms with van der Waals surface area (Å²) in [5, 5.41) is 6.61. The molecule has 6 rings (SSSR count). The first-order valence-electron chi connectivity index (χ1n) is 14.0. The molecule has 1 fully saturated rings. The summed E-state index contributed by atoms with van der Waals surface area (Å²) in [6.07, 6.45) is 3.01. The van der Waals surface area contributed by atoms with Crippen LogP contribution in [0.1, 0.15) is 29.3 Å². The van der Waals surface area contributed by atoms with Gasteiger partial charge in [-0.2, -0.15) is 23.9 Å². The molecule has 1 aliphatic heterocycles. The fourth-order valence-electron chi connectivity index (χ4n) is 5.63. The van der Waals surface area contributed by atoms with Gasteiger partial charge in [-0.05, 0) is 48.4 Å². The van der Waals surface area contributed by atoms with Gasteiger partial charge in [-0.15, -0.1) is 0 Å². The van der Waals surface area contributed by atoms with E-state index in [2.05, 4.69) is 15.0 Å². The average Bonchev–Trinajstić information content (AvgIpc) is 3.67. The minimum atomic E-state index is -0.938. The molecule has 0 aliphatic carbocycles. The summed E-state index contributed by atoms with van der Waals surface area (Å²) in [5.74, 6) is -2.26. The molecule has 43 heavy (non-hydrogen) atoms. The number of aromatic nitrogens is 6. The van der Waals surface area contributed by atoms with E-state index in [1.165, 1.54) is 0 Å². The molecular formula is C31H31F2N7O3. The van der Waals surface area contributed by atoms with Gasteiger partial charge in [0.15, 0.2) is 5.65 Å². The number of imidazole rings is 1. The van der Waals surface area contributed by atoms with Crippen molar-refractivity contribution in [2.75, 3.05) is 26.8 Å². The number of hydrogen-bond donors (Lipinski definition) is 0. The molecule has 0 N–H and O–H groups in total. The number of methoxy groups -OCH3 is 1. The second-order valence-corrected chi connectivity index (χ2v) is 10.7. The first kappa shape index (κ1) is 28.7. The van der Waals surface area contributed by atoms with Crippen LogP contribution in [-0.2, 0) is 27.8 Å². The SMILES string of the molecule is COCCN1C[C@@H](CC(=O)Cc2c(C)c(-c3cnc4c(c3)ncn4C)nn2-c2ccccc2)[C@H](c2cc(F)nc(F)c2)O1. The summed E-state index contributed by atoms with van der Waals surface area (Å²) >= 11 is 0. The zero-order chi connectivity index (χ0) is 30.1. The number of halogens is 2. The van der Waals surface area contributed by atoms with Crippen molar-refractivity contribution in [3.8, 4) is 16.9 Å². The van der Waals surface area contributed by atoms with Gasteiger partial charge in [-0.3, -0.25) is 9.63 Å². The summed E-state index contributed by atoms with van der Waals surface area (Å²) in [4.78, 5) is 32.0. The zero-order valence-electron chi connectivity index (χ0n) is 24.1. The topological polar surface area (TPSA) is 100 Å². The van der Waals surface area contributed by atoms with Crippen LogP contribution < -0.4 is 0 Å². The number of para-hydroxylation sites is 1. The van der Waals surface area contributed by atoms with Gasteiger partial charge in [0.05, 0.1) is 30.0 Å². The minimum absolute atomic E-state index is 0.0489. The van der Waals surface area contributed by atoms with E-state index >= 15 is 0 Å². The fraction of sp³-hybridized carbons (Fsp3) is 0.323. The number of hydrogen-bond acceptors (Lipinski definition) is 8. The lowest BCUT2D eigenvalue weighted by molar-refractivity contribution is -0.155. The predicted molar refractivity (Wildman–Crippen MR) is 154 cm³/mol. The maximum Gasteiger partial charge on any atom is 0.215 e. The van der Waals surface area contributed by atoms with E-state index in [9.17, 15) is 13.6 Å². The number of pyridine rings is 2. The highest BCUT2D eigenvalue weighted by Crippen LogP contribution is 2.37. The molecular weight excluding hydrogens is 556 g/mol. The van der Waals surface area contributed by atoms with Gasteiger partial charge in [-0.25, -0.2) is 14.6 Å². The summed E-state index contributed by atoms with van der Waals surface area (Å²) in [7, 11) is 3.47. The van der Waals surface area contributed by atoms with Crippen LogP contribution in [0.15, 0.2) is 61.1 Å². The molecule has 1 saturated heterocycles. The lowest BCUT2D eigenvalue weighted by Gasteiger charge is -2.18. The standard InChI is InChI=1S/C31H31F2N7O3/c1-19-26(15-24(41)11-22-17-39(9-10-42-3)43-30(22)20-13-27(32)36-28(33)14-20)40(23-7-5-4-6-8-23)37-29(19)21-12-25-31(34-16-21)38(2)18-35-25/h4-8,12-14,16,18,22,30H,9-11,15,17H2,1-3H3/t22-,30+/m1/s1. The maximum absolute atomic E-state index is 14.0. The van der Waals surface area contributed by atoms with Gasteiger partial charge in [-0.1, -0.05) is 18.2 Å². The molecule has 0 spiro atoms. The van der Waals surface area contributed by atoms with Crippen molar-refractivity contribution in [1.29, 1.82) is 0 Å². The highest BCUT2D eigenvalue weighted by Gasteiger charge is 2.37. The Balaban J connectivity index is 1.31. The third-order valence-corrected chi connectivity index (χ3v) is 7.71. The quantitative estimate of drug-likeness (QED) is 0.220. The summed E-state index contributed by atoms with van der Waals surface area (Å²) in [6, 6.07) is 13.9. The Morgan fingerprint density at radius 1 is 1.12 bits per heavy atom. The van der Waals surface area contributed by atoms with Crippen LogP contribution in [0.3, 0.4) is 0 Å². The number of nitrogens with zero attached hydrogens (tertiary/aromatic N) is 7. The molecule has 1 aliphatic rings. The van der Waals surface area contributed by atoms with Crippen molar-refractivity contribution in [2.45, 2.75) is 25.9 Å². The third kappa shape index (κ3) is 5.94. The number of ketones is 1. The van der Waals surface area contributed by atoms with Crippen molar-refractivity contribution in [3.63, 3.8) is 0 Å². The van der Waals surface area contributed by atoms with Crippen molar-refractivity contribution in [3.05, 3.63) is 89.8 Å². The smallest absolute Gasteiger partial charge is 0.215 e. The normalized spacial score (nSPS) is 17.2. The first-order chi connectivity index (χ1) is 20.8. The van der Waals surface area contributed by atoms with E-state index in [-0.39, 0.29) is 24.5 Å². The van der Waals surface area contributed by atoms with Gasteiger partial charge in [0.2, 0.25) is 11.9 Å². The van der Waals surface area contributed by atoms with Gasteiger partial charge < -0.3 is 9.30 Å². The highest BCUT2D eigenvalue weighted by atomic mass is 19.1. The van der Waals surface area contributed by atoms with Crippen molar-refractivity contribution in [2.24, 2.45) is 13.0 Å². The van der Waals surface area contributed by atoms with Gasteiger partial charge in [0.1, 0.15) is 17.4 Å². The molecule has 4 aromatic heterocycles. The largest absolute Gasteiger partial charge is 0.383 e. The number of Topliss-reactive ketones (excluding diaryl/α,β-unsaturated/α-hetero) is 1. The Bertz CT molecular complexity index is 1750. The Hall–Kier alpha value is -4.39. The number of rotatable bonds is 10. The number of carbonyl (C=O) groups is 1. The Morgan fingerprint density at radius 3 is 2.63 bits per heavy atom. The Labute approximate surface area is 246 Å². The van der Waals surface area contributed by atoms with E-state index in [0.29, 0.717) is 31.0 Å². The molecule has 0 saturated carbocycles. The van der Waals surface area contributed by atoms with Crippen LogP contribution >= 0.6 is 0 Å². The average molecular weight is 588 g/mol. The lowest BCUT2D eigenvalue weighted by atomic mass is 9.90. The minimum Gasteiger partial charge on any atom is -0.383 e. The van der Waals surface area contributed by atoms with Gasteiger partial charge >= 0.3 is 0 Å². The number of aryl methyl sites for hydroxylation is 1. The van der Waals surface area contributed by atoms with Crippen LogP contribution in [-0.4, -0.2) is 67.0 Å².